The summed E-state index contributed by atoms with van der Waals surface area (Å²) in [6, 6.07) is 0.874. The van der Waals surface area contributed by atoms with Crippen molar-refractivity contribution in [3.05, 3.63) is 0 Å². The van der Waals surface area contributed by atoms with Crippen LogP contribution in [0.3, 0.4) is 0 Å². The maximum Gasteiger partial charge on any atom is 0.00684 e. The highest BCUT2D eigenvalue weighted by Crippen LogP contribution is 2.40. The second-order valence-corrected chi connectivity index (χ2v) is 4.54. The number of nitrogens with one attached hydrogen (secondary N) is 2. The third-order valence-electron chi connectivity index (χ3n) is 3.31. The van der Waals surface area contributed by atoms with E-state index in [0.29, 0.717) is 5.41 Å². The molecule has 0 aliphatic heterocycles. The van der Waals surface area contributed by atoms with Crippen LogP contribution in [0.5, 0.6) is 0 Å². The molecule has 0 bridgehead atoms. The molecule has 70 valence electrons. The lowest BCUT2D eigenvalue weighted by molar-refractivity contribution is 0.130. The third-order valence-corrected chi connectivity index (χ3v) is 3.31. The summed E-state index contributed by atoms with van der Waals surface area (Å²) in [4.78, 5) is 0. The lowest BCUT2D eigenvalue weighted by atomic mass is 9.68. The van der Waals surface area contributed by atoms with Crippen molar-refractivity contribution >= 4 is 0 Å². The van der Waals surface area contributed by atoms with Crippen molar-refractivity contribution in [2.75, 3.05) is 20.1 Å². The van der Waals surface area contributed by atoms with Crippen LogP contribution < -0.4 is 10.6 Å². The van der Waals surface area contributed by atoms with Gasteiger partial charge in [0, 0.05) is 19.1 Å². The summed E-state index contributed by atoms with van der Waals surface area (Å²) < 4.78 is 0. The first kappa shape index (κ1) is 8.52. The van der Waals surface area contributed by atoms with Crippen molar-refractivity contribution in [3.63, 3.8) is 0 Å². The molecule has 0 saturated heterocycles. The minimum Gasteiger partial charge on any atom is -0.319 e. The Bertz CT molecular complexity index is 148. The molecule has 0 atom stereocenters. The standard InChI is InChI=1S/C10H20N2/c1-11-7-10(5-2-6-10)8-12-9-3-4-9/h9,11-12H,2-8H2,1H3. The molecule has 2 aliphatic carbocycles. The van der Waals surface area contributed by atoms with E-state index in [9.17, 15) is 0 Å². The van der Waals surface area contributed by atoms with Gasteiger partial charge in [-0.15, -0.1) is 0 Å². The highest BCUT2D eigenvalue weighted by atomic mass is 15.0. The molecule has 2 N–H and O–H groups in total. The van der Waals surface area contributed by atoms with E-state index in [2.05, 4.69) is 17.7 Å². The van der Waals surface area contributed by atoms with Crippen molar-refractivity contribution < 1.29 is 0 Å². The molecular weight excluding hydrogens is 148 g/mol. The van der Waals surface area contributed by atoms with Gasteiger partial charge < -0.3 is 10.6 Å². The smallest absolute Gasteiger partial charge is 0.00684 e. The van der Waals surface area contributed by atoms with Gasteiger partial charge in [-0.25, -0.2) is 0 Å². The van der Waals surface area contributed by atoms with Gasteiger partial charge in [-0.2, -0.15) is 0 Å². The van der Waals surface area contributed by atoms with Crippen LogP contribution in [-0.2, 0) is 0 Å². The summed E-state index contributed by atoms with van der Waals surface area (Å²) in [6.07, 6.45) is 7.11. The zero-order chi connectivity index (χ0) is 8.44. The van der Waals surface area contributed by atoms with Crippen LogP contribution in [-0.4, -0.2) is 26.2 Å². The summed E-state index contributed by atoms with van der Waals surface area (Å²) in [7, 11) is 2.07. The summed E-state index contributed by atoms with van der Waals surface area (Å²) >= 11 is 0. The zero-order valence-electron chi connectivity index (χ0n) is 8.03. The van der Waals surface area contributed by atoms with Crippen LogP contribution in [0.15, 0.2) is 0 Å². The van der Waals surface area contributed by atoms with E-state index in [-0.39, 0.29) is 0 Å². The SMILES string of the molecule is CNCC1(CNC2CC2)CCC1. The van der Waals surface area contributed by atoms with E-state index in [1.807, 2.05) is 0 Å². The molecule has 2 nitrogen and oxygen atoms in total. The maximum atomic E-state index is 3.64. The Morgan fingerprint density at radius 2 is 2.00 bits per heavy atom. The molecule has 0 heterocycles. The van der Waals surface area contributed by atoms with E-state index >= 15 is 0 Å². The largest absolute Gasteiger partial charge is 0.319 e. The van der Waals surface area contributed by atoms with Crippen LogP contribution in [0.4, 0.5) is 0 Å². The summed E-state index contributed by atoms with van der Waals surface area (Å²) in [5.74, 6) is 0. The van der Waals surface area contributed by atoms with Gasteiger partial charge in [-0.3, -0.25) is 0 Å². The lowest BCUT2D eigenvalue weighted by Gasteiger charge is -2.42. The summed E-state index contributed by atoms with van der Waals surface area (Å²) in [5, 5.41) is 6.96. The molecule has 0 aromatic rings. The van der Waals surface area contributed by atoms with E-state index in [4.69, 9.17) is 0 Å². The number of hydrogen-bond donors (Lipinski definition) is 2. The van der Waals surface area contributed by atoms with Crippen LogP contribution in [0.1, 0.15) is 32.1 Å². The van der Waals surface area contributed by atoms with Gasteiger partial charge in [-0.05, 0) is 38.1 Å². The zero-order valence-corrected chi connectivity index (χ0v) is 8.03. The first-order valence-corrected chi connectivity index (χ1v) is 5.23. The van der Waals surface area contributed by atoms with Gasteiger partial charge in [0.05, 0.1) is 0 Å². The van der Waals surface area contributed by atoms with Crippen LogP contribution >= 0.6 is 0 Å². The van der Waals surface area contributed by atoms with Crippen molar-refractivity contribution in [1.29, 1.82) is 0 Å². The van der Waals surface area contributed by atoms with Crippen LogP contribution in [0, 0.1) is 5.41 Å². The molecule has 2 rings (SSSR count). The molecular formula is C10H20N2. The molecule has 0 aromatic heterocycles. The average Bonchev–Trinajstić information content (AvgIpc) is 2.77. The van der Waals surface area contributed by atoms with Crippen molar-refractivity contribution in [3.8, 4) is 0 Å². The monoisotopic (exact) mass is 168 g/mol. The minimum atomic E-state index is 0.622. The minimum absolute atomic E-state index is 0.622. The van der Waals surface area contributed by atoms with Gasteiger partial charge in [0.15, 0.2) is 0 Å². The predicted molar refractivity (Wildman–Crippen MR) is 51.2 cm³/mol. The number of hydrogen-bond acceptors (Lipinski definition) is 2. The second-order valence-electron chi connectivity index (χ2n) is 4.54. The third kappa shape index (κ3) is 1.80. The molecule has 0 amide bonds. The van der Waals surface area contributed by atoms with Gasteiger partial charge in [0.25, 0.3) is 0 Å². The van der Waals surface area contributed by atoms with Gasteiger partial charge in [-0.1, -0.05) is 6.42 Å². The molecule has 0 radical (unpaired) electrons. The Kier molecular flexibility index (Phi) is 2.37. The van der Waals surface area contributed by atoms with E-state index in [1.165, 1.54) is 45.2 Å². The summed E-state index contributed by atoms with van der Waals surface area (Å²) in [6.45, 7) is 2.45. The Balaban J connectivity index is 1.72. The molecule has 12 heavy (non-hydrogen) atoms. The quantitative estimate of drug-likeness (QED) is 0.643. The maximum absolute atomic E-state index is 3.64. The van der Waals surface area contributed by atoms with Gasteiger partial charge in [0.2, 0.25) is 0 Å². The molecule has 2 aliphatic rings. The topological polar surface area (TPSA) is 24.1 Å². The predicted octanol–water partition coefficient (Wildman–Crippen LogP) is 1.13. The molecule has 0 aromatic carbocycles. The van der Waals surface area contributed by atoms with E-state index < -0.39 is 0 Å². The fourth-order valence-corrected chi connectivity index (χ4v) is 2.12. The molecule has 2 heteroatoms. The van der Waals surface area contributed by atoms with Crippen LogP contribution in [0.25, 0.3) is 0 Å². The van der Waals surface area contributed by atoms with E-state index in [1.54, 1.807) is 0 Å². The fraction of sp³-hybridized carbons (Fsp3) is 1.00. The van der Waals surface area contributed by atoms with Gasteiger partial charge >= 0.3 is 0 Å². The molecule has 0 unspecified atom stereocenters. The molecule has 0 spiro atoms. The average molecular weight is 168 g/mol. The first-order chi connectivity index (χ1) is 5.85. The molecule has 2 saturated carbocycles. The van der Waals surface area contributed by atoms with Crippen LogP contribution in [0.2, 0.25) is 0 Å². The highest BCUT2D eigenvalue weighted by molar-refractivity contribution is 4.93. The lowest BCUT2D eigenvalue weighted by Crippen LogP contribution is -2.46. The van der Waals surface area contributed by atoms with Crippen molar-refractivity contribution in [1.82, 2.24) is 10.6 Å². The first-order valence-electron chi connectivity index (χ1n) is 5.23. The molecule has 2 fully saturated rings. The Labute approximate surface area is 75.1 Å². The number of rotatable bonds is 5. The second kappa shape index (κ2) is 3.35. The normalized spacial score (nSPS) is 26.8. The van der Waals surface area contributed by atoms with Gasteiger partial charge in [0.1, 0.15) is 0 Å². The van der Waals surface area contributed by atoms with E-state index in [0.717, 1.165) is 6.04 Å². The Morgan fingerprint density at radius 3 is 2.42 bits per heavy atom. The van der Waals surface area contributed by atoms with Crippen molar-refractivity contribution in [2.45, 2.75) is 38.1 Å². The summed E-state index contributed by atoms with van der Waals surface area (Å²) in [5.41, 5.74) is 0.622. The fourth-order valence-electron chi connectivity index (χ4n) is 2.12. The van der Waals surface area contributed by atoms with Crippen molar-refractivity contribution in [2.24, 2.45) is 5.41 Å². The Hall–Kier alpha value is -0.0800. The Morgan fingerprint density at radius 1 is 1.25 bits per heavy atom. The highest BCUT2D eigenvalue weighted by Gasteiger charge is 2.37.